The molecule has 0 atom stereocenters. The lowest BCUT2D eigenvalue weighted by Gasteiger charge is -2.01. The van der Waals surface area contributed by atoms with Crippen molar-refractivity contribution in [3.05, 3.63) is 17.2 Å². The van der Waals surface area contributed by atoms with Gasteiger partial charge in [0.1, 0.15) is 28.6 Å². The minimum absolute atomic E-state index is 0.221. The molecule has 0 amide bonds. The molecule has 0 radical (unpaired) electrons. The Hall–Kier alpha value is -1.69. The van der Waals surface area contributed by atoms with Gasteiger partial charge in [0.25, 0.3) is 0 Å². The SMILES string of the molecule is Cc1nnoc1-c1c(N)ncnc1Cl. The van der Waals surface area contributed by atoms with Crippen LogP contribution in [0.4, 0.5) is 5.82 Å². The number of aryl methyl sites for hydroxylation is 1. The number of nitrogens with zero attached hydrogens (tertiary/aromatic N) is 4. The summed E-state index contributed by atoms with van der Waals surface area (Å²) in [7, 11) is 0. The van der Waals surface area contributed by atoms with Gasteiger partial charge >= 0.3 is 0 Å². The Morgan fingerprint density at radius 3 is 2.79 bits per heavy atom. The third-order valence-electron chi connectivity index (χ3n) is 1.71. The molecule has 2 heterocycles. The highest BCUT2D eigenvalue weighted by Gasteiger charge is 2.17. The average Bonchev–Trinajstić information content (AvgIpc) is 2.52. The molecule has 2 aromatic heterocycles. The van der Waals surface area contributed by atoms with Gasteiger partial charge in [0.15, 0.2) is 5.76 Å². The smallest absolute Gasteiger partial charge is 0.197 e. The summed E-state index contributed by atoms with van der Waals surface area (Å²) < 4.78 is 4.91. The van der Waals surface area contributed by atoms with E-state index in [9.17, 15) is 0 Å². The Kier molecular flexibility index (Phi) is 2.05. The van der Waals surface area contributed by atoms with Crippen molar-refractivity contribution in [2.24, 2.45) is 0 Å². The van der Waals surface area contributed by atoms with E-state index in [4.69, 9.17) is 21.9 Å². The predicted octanol–water partition coefficient (Wildman–Crippen LogP) is 1.07. The van der Waals surface area contributed by atoms with E-state index in [2.05, 4.69) is 20.3 Å². The van der Waals surface area contributed by atoms with E-state index in [1.165, 1.54) is 6.33 Å². The number of nitrogens with two attached hydrogens (primary N) is 1. The number of nitrogen functional groups attached to an aromatic ring is 1. The molecule has 7 heteroatoms. The Morgan fingerprint density at radius 1 is 1.43 bits per heavy atom. The van der Waals surface area contributed by atoms with E-state index in [0.29, 0.717) is 17.0 Å². The summed E-state index contributed by atoms with van der Waals surface area (Å²) in [5.74, 6) is 0.639. The van der Waals surface area contributed by atoms with Crippen molar-refractivity contribution >= 4 is 17.4 Å². The Labute approximate surface area is 84.1 Å². The second-order valence-corrected chi connectivity index (χ2v) is 2.97. The molecule has 2 aromatic rings. The van der Waals surface area contributed by atoms with Crippen LogP contribution in [0, 0.1) is 6.92 Å². The maximum Gasteiger partial charge on any atom is 0.197 e. The highest BCUT2D eigenvalue weighted by Crippen LogP contribution is 2.31. The van der Waals surface area contributed by atoms with Gasteiger partial charge in [-0.1, -0.05) is 11.6 Å². The van der Waals surface area contributed by atoms with Crippen molar-refractivity contribution in [2.45, 2.75) is 6.92 Å². The van der Waals surface area contributed by atoms with Crippen LogP contribution >= 0.6 is 11.6 Å². The molecule has 0 bridgehead atoms. The number of aromatic nitrogens is 4. The number of anilines is 1. The molecule has 2 N–H and O–H groups in total. The second-order valence-electron chi connectivity index (χ2n) is 2.61. The van der Waals surface area contributed by atoms with Gasteiger partial charge in [-0.15, -0.1) is 5.10 Å². The maximum atomic E-state index is 5.85. The zero-order valence-corrected chi connectivity index (χ0v) is 7.99. The molecular weight excluding hydrogens is 206 g/mol. The Morgan fingerprint density at radius 2 is 2.21 bits per heavy atom. The predicted molar refractivity (Wildman–Crippen MR) is 49.5 cm³/mol. The number of hydrogen-bond acceptors (Lipinski definition) is 6. The standard InChI is InChI=1S/C7H6ClN5O/c1-3-5(14-13-12-3)4-6(8)10-2-11-7(4)9/h2H,1H3,(H2,9,10,11). The normalized spacial score (nSPS) is 10.4. The number of rotatable bonds is 1. The Balaban J connectivity index is 2.68. The molecule has 0 saturated carbocycles. The third-order valence-corrected chi connectivity index (χ3v) is 2.00. The molecule has 2 rings (SSSR count). The van der Waals surface area contributed by atoms with Crippen LogP contribution in [0.25, 0.3) is 11.3 Å². The molecule has 14 heavy (non-hydrogen) atoms. The molecule has 6 nitrogen and oxygen atoms in total. The molecule has 0 fully saturated rings. The summed E-state index contributed by atoms with van der Waals surface area (Å²) in [5.41, 5.74) is 6.65. The minimum Gasteiger partial charge on any atom is -0.383 e. The first-order chi connectivity index (χ1) is 6.70. The van der Waals surface area contributed by atoms with Gasteiger partial charge in [0.2, 0.25) is 0 Å². The van der Waals surface area contributed by atoms with Crippen LogP contribution in [0.5, 0.6) is 0 Å². The van der Waals surface area contributed by atoms with Gasteiger partial charge in [0, 0.05) is 5.27 Å². The van der Waals surface area contributed by atoms with E-state index in [-0.39, 0.29) is 11.0 Å². The van der Waals surface area contributed by atoms with Crippen LogP contribution in [0.3, 0.4) is 0 Å². The summed E-state index contributed by atoms with van der Waals surface area (Å²) in [6.45, 7) is 1.73. The Bertz CT molecular complexity index is 449. The van der Waals surface area contributed by atoms with Crippen molar-refractivity contribution in [3.8, 4) is 11.3 Å². The van der Waals surface area contributed by atoms with Crippen LogP contribution in [0.15, 0.2) is 10.9 Å². The molecule has 0 saturated heterocycles. The van der Waals surface area contributed by atoms with Crippen LogP contribution in [-0.4, -0.2) is 20.3 Å². The molecular formula is C7H6ClN5O. The van der Waals surface area contributed by atoms with Crippen molar-refractivity contribution in [2.75, 3.05) is 5.73 Å². The van der Waals surface area contributed by atoms with Gasteiger partial charge in [-0.2, -0.15) is 0 Å². The maximum absolute atomic E-state index is 5.85. The van der Waals surface area contributed by atoms with Crippen LogP contribution in [0.2, 0.25) is 5.15 Å². The monoisotopic (exact) mass is 211 g/mol. The lowest BCUT2D eigenvalue weighted by molar-refractivity contribution is 0.403. The molecule has 0 aliphatic carbocycles. The number of hydrogen-bond donors (Lipinski definition) is 1. The lowest BCUT2D eigenvalue weighted by Crippen LogP contribution is -1.96. The van der Waals surface area contributed by atoms with Crippen molar-refractivity contribution in [3.63, 3.8) is 0 Å². The lowest BCUT2D eigenvalue weighted by atomic mass is 10.2. The summed E-state index contributed by atoms with van der Waals surface area (Å²) in [6.07, 6.45) is 1.28. The fourth-order valence-corrected chi connectivity index (χ4v) is 1.27. The highest BCUT2D eigenvalue weighted by atomic mass is 35.5. The van der Waals surface area contributed by atoms with E-state index >= 15 is 0 Å². The first-order valence-corrected chi connectivity index (χ1v) is 4.13. The van der Waals surface area contributed by atoms with Crippen LogP contribution in [0.1, 0.15) is 5.69 Å². The summed E-state index contributed by atoms with van der Waals surface area (Å²) in [4.78, 5) is 7.60. The molecule has 72 valence electrons. The summed E-state index contributed by atoms with van der Waals surface area (Å²) in [6, 6.07) is 0. The molecule has 0 unspecified atom stereocenters. The van der Waals surface area contributed by atoms with Crippen LogP contribution < -0.4 is 5.73 Å². The first kappa shape index (κ1) is 8.89. The summed E-state index contributed by atoms with van der Waals surface area (Å²) >= 11 is 5.85. The fourth-order valence-electron chi connectivity index (χ4n) is 1.05. The van der Waals surface area contributed by atoms with E-state index in [1.807, 2.05) is 0 Å². The van der Waals surface area contributed by atoms with Crippen molar-refractivity contribution in [1.29, 1.82) is 0 Å². The molecule has 0 spiro atoms. The molecule has 0 aliphatic heterocycles. The minimum atomic E-state index is 0.221. The zero-order valence-electron chi connectivity index (χ0n) is 7.23. The van der Waals surface area contributed by atoms with Crippen molar-refractivity contribution < 1.29 is 4.52 Å². The van der Waals surface area contributed by atoms with Gasteiger partial charge in [-0.3, -0.25) is 0 Å². The third kappa shape index (κ3) is 1.29. The molecule has 0 aromatic carbocycles. The van der Waals surface area contributed by atoms with Gasteiger partial charge in [0.05, 0.1) is 0 Å². The summed E-state index contributed by atoms with van der Waals surface area (Å²) in [5, 5.41) is 7.30. The fraction of sp³-hybridized carbons (Fsp3) is 0.143. The first-order valence-electron chi connectivity index (χ1n) is 3.75. The highest BCUT2D eigenvalue weighted by molar-refractivity contribution is 6.32. The zero-order chi connectivity index (χ0) is 10.1. The average molecular weight is 212 g/mol. The van der Waals surface area contributed by atoms with E-state index in [0.717, 1.165) is 0 Å². The number of halogens is 1. The van der Waals surface area contributed by atoms with Crippen molar-refractivity contribution in [1.82, 2.24) is 20.3 Å². The second kappa shape index (κ2) is 3.22. The topological polar surface area (TPSA) is 90.7 Å². The largest absolute Gasteiger partial charge is 0.383 e. The van der Waals surface area contributed by atoms with Gasteiger partial charge in [-0.05, 0) is 6.92 Å². The molecule has 0 aliphatic rings. The van der Waals surface area contributed by atoms with Gasteiger partial charge < -0.3 is 10.3 Å². The van der Waals surface area contributed by atoms with Crippen LogP contribution in [-0.2, 0) is 0 Å². The van der Waals surface area contributed by atoms with E-state index < -0.39 is 0 Å². The van der Waals surface area contributed by atoms with Gasteiger partial charge in [-0.25, -0.2) is 9.97 Å². The van der Waals surface area contributed by atoms with E-state index in [1.54, 1.807) is 6.92 Å². The quantitative estimate of drug-likeness (QED) is 0.710.